The van der Waals surface area contributed by atoms with Crippen molar-refractivity contribution >= 4 is 49.2 Å². The Hall–Kier alpha value is -2.11. The zero-order valence-electron chi connectivity index (χ0n) is 19.0. The summed E-state index contributed by atoms with van der Waals surface area (Å²) in [5, 5.41) is 5.28. The lowest BCUT2D eigenvalue weighted by Crippen LogP contribution is -2.43. The Bertz CT molecular complexity index is 1120. The van der Waals surface area contributed by atoms with E-state index in [4.69, 9.17) is 4.74 Å². The van der Waals surface area contributed by atoms with Crippen LogP contribution >= 0.6 is 11.3 Å². The Balaban J connectivity index is 2.19. The van der Waals surface area contributed by atoms with E-state index in [0.29, 0.717) is 36.5 Å². The third-order valence-electron chi connectivity index (χ3n) is 4.61. The molecule has 1 aliphatic rings. The Labute approximate surface area is 202 Å². The summed E-state index contributed by atoms with van der Waals surface area (Å²) in [6.45, 7) is 2.89. The third kappa shape index (κ3) is 7.19. The number of thiophene rings is 1. The molecule has 1 aliphatic heterocycles. The number of nitrogens with one attached hydrogen (secondary N) is 3. The van der Waals surface area contributed by atoms with Crippen molar-refractivity contribution < 1.29 is 40.7 Å². The first-order valence-corrected chi connectivity index (χ1v) is 14.0. The lowest BCUT2D eigenvalue weighted by atomic mass is 10.1. The molecular formula is C18H28N4O9S3. The fraction of sp³-hybridized carbons (Fsp3) is 0.611. The van der Waals surface area contributed by atoms with Gasteiger partial charge in [-0.2, -0.15) is 4.31 Å². The monoisotopic (exact) mass is 540 g/mol. The molecule has 0 saturated carbocycles. The van der Waals surface area contributed by atoms with Crippen LogP contribution in [0.4, 0.5) is 0 Å². The van der Waals surface area contributed by atoms with E-state index < -0.39 is 57.0 Å². The van der Waals surface area contributed by atoms with Crippen molar-refractivity contribution in [1.29, 1.82) is 0 Å². The Morgan fingerprint density at radius 1 is 1.26 bits per heavy atom. The number of ether oxygens (including phenoxy) is 2. The lowest BCUT2D eigenvalue weighted by molar-refractivity contribution is -0.146. The maximum absolute atomic E-state index is 13.1. The number of sulfonamides is 2. The molecule has 0 unspecified atom stereocenters. The molecule has 192 valence electrons. The zero-order chi connectivity index (χ0) is 25.5. The van der Waals surface area contributed by atoms with E-state index in [-0.39, 0.29) is 21.5 Å². The maximum atomic E-state index is 13.1. The summed E-state index contributed by atoms with van der Waals surface area (Å²) in [7, 11) is -6.82. The number of carbonyl (C=O) groups is 3. The third-order valence-corrected chi connectivity index (χ3v) is 10.0. The molecule has 0 fully saturated rings. The van der Waals surface area contributed by atoms with Gasteiger partial charge in [0.05, 0.1) is 6.54 Å². The Morgan fingerprint density at radius 2 is 1.97 bits per heavy atom. The minimum atomic E-state index is -4.40. The normalized spacial score (nSPS) is 17.6. The summed E-state index contributed by atoms with van der Waals surface area (Å²) in [5.41, 5.74) is 0.317. The predicted octanol–water partition coefficient (Wildman–Crippen LogP) is -1.08. The molecule has 2 heterocycles. The van der Waals surface area contributed by atoms with Crippen LogP contribution in [0, 0.1) is 0 Å². The van der Waals surface area contributed by atoms with Gasteiger partial charge in [0.25, 0.3) is 31.9 Å². The fourth-order valence-corrected chi connectivity index (χ4v) is 7.98. The lowest BCUT2D eigenvalue weighted by Gasteiger charge is -2.32. The van der Waals surface area contributed by atoms with E-state index in [0.717, 1.165) is 6.92 Å². The van der Waals surface area contributed by atoms with E-state index in [1.165, 1.54) is 17.5 Å². The van der Waals surface area contributed by atoms with Crippen molar-refractivity contribution in [3.05, 3.63) is 11.6 Å². The van der Waals surface area contributed by atoms with Gasteiger partial charge in [0.2, 0.25) is 0 Å². The first-order valence-electron chi connectivity index (χ1n) is 10.2. The molecule has 0 aromatic carbocycles. The molecule has 2 amide bonds. The van der Waals surface area contributed by atoms with Gasteiger partial charge in [-0.15, -0.1) is 11.3 Å². The van der Waals surface area contributed by atoms with Gasteiger partial charge in [-0.25, -0.2) is 21.6 Å². The van der Waals surface area contributed by atoms with Crippen molar-refractivity contribution in [2.45, 2.75) is 34.7 Å². The predicted molar refractivity (Wildman–Crippen MR) is 121 cm³/mol. The number of amides is 2. The van der Waals surface area contributed by atoms with Gasteiger partial charge < -0.3 is 20.1 Å². The van der Waals surface area contributed by atoms with Crippen LogP contribution < -0.4 is 15.4 Å². The molecule has 0 spiro atoms. The number of methoxy groups -OCH3 is 1. The molecule has 3 N–H and O–H groups in total. The molecule has 1 aromatic rings. The van der Waals surface area contributed by atoms with E-state index in [2.05, 4.69) is 15.4 Å². The number of nitrogens with zero attached hydrogens (tertiary/aromatic N) is 1. The van der Waals surface area contributed by atoms with Crippen LogP contribution in [0.1, 0.15) is 31.9 Å². The van der Waals surface area contributed by atoms with Gasteiger partial charge in [0.1, 0.15) is 8.42 Å². The molecular weight excluding hydrogens is 512 g/mol. The molecule has 13 nitrogen and oxygen atoms in total. The van der Waals surface area contributed by atoms with Gasteiger partial charge in [-0.3, -0.25) is 14.4 Å². The number of hydrogen-bond acceptors (Lipinski definition) is 11. The minimum absolute atomic E-state index is 0.107. The highest BCUT2D eigenvalue weighted by atomic mass is 32.3. The van der Waals surface area contributed by atoms with E-state index in [9.17, 15) is 31.2 Å². The van der Waals surface area contributed by atoms with Gasteiger partial charge >= 0.3 is 5.97 Å². The summed E-state index contributed by atoms with van der Waals surface area (Å²) in [6.07, 6.45) is 0.472. The van der Waals surface area contributed by atoms with Crippen molar-refractivity contribution in [2.75, 3.05) is 46.5 Å². The van der Waals surface area contributed by atoms with Crippen molar-refractivity contribution in [3.63, 3.8) is 0 Å². The van der Waals surface area contributed by atoms with Crippen LogP contribution in [0.15, 0.2) is 14.5 Å². The standard InChI is InChI=1S/C18H28N4O9S3/c1-4-19-14-10-22(6-5-7-30-3)34(28,29)18-13(14)8-17(32-18)33(26,27)21-15(24)9-20-16(25)11-31-12(2)23/h8,14,19H,4-7,9-11H2,1-3H3,(H,20,25)(H,21,24)/t14-/m0/s1. The number of esters is 1. The topological polar surface area (TPSA) is 177 Å². The van der Waals surface area contributed by atoms with Gasteiger partial charge in [0.15, 0.2) is 6.61 Å². The first-order chi connectivity index (χ1) is 15.9. The smallest absolute Gasteiger partial charge is 0.303 e. The summed E-state index contributed by atoms with van der Waals surface area (Å²) >= 11 is 0.551. The van der Waals surface area contributed by atoms with E-state index in [1.807, 2.05) is 6.92 Å². The van der Waals surface area contributed by atoms with Crippen LogP contribution in [0.3, 0.4) is 0 Å². The number of rotatable bonds is 12. The fourth-order valence-electron chi connectivity index (χ4n) is 3.11. The van der Waals surface area contributed by atoms with Crippen LogP contribution in [-0.2, 0) is 43.9 Å². The molecule has 16 heteroatoms. The SMILES string of the molecule is CCN[C@H]1CN(CCCOC)S(=O)(=O)c2sc(S(=O)(=O)NC(=O)CNC(=O)COC(C)=O)cc21. The number of likely N-dealkylation sites (N-methyl/N-ethyl adjacent to an activating group) is 1. The number of carbonyl (C=O) groups excluding carboxylic acids is 3. The zero-order valence-corrected chi connectivity index (χ0v) is 21.4. The van der Waals surface area contributed by atoms with Crippen LogP contribution in [0.2, 0.25) is 0 Å². The number of fused-ring (bicyclic) bond motifs is 1. The molecule has 1 atom stereocenters. The van der Waals surface area contributed by atoms with Gasteiger partial charge in [-0.1, -0.05) is 6.92 Å². The second-order valence-corrected chi connectivity index (χ2v) is 12.3. The second kappa shape index (κ2) is 12.0. The Kier molecular flexibility index (Phi) is 9.96. The summed E-state index contributed by atoms with van der Waals surface area (Å²) < 4.78 is 63.8. The Morgan fingerprint density at radius 3 is 2.59 bits per heavy atom. The molecule has 0 bridgehead atoms. The van der Waals surface area contributed by atoms with E-state index in [1.54, 1.807) is 4.72 Å². The average Bonchev–Trinajstić information content (AvgIpc) is 3.22. The average molecular weight is 541 g/mol. The molecule has 0 aliphatic carbocycles. The largest absolute Gasteiger partial charge is 0.456 e. The van der Waals surface area contributed by atoms with Crippen molar-refractivity contribution in [1.82, 2.24) is 19.7 Å². The summed E-state index contributed by atoms with van der Waals surface area (Å²) in [5.74, 6) is -2.52. The van der Waals surface area contributed by atoms with Crippen molar-refractivity contribution in [2.24, 2.45) is 0 Å². The molecule has 0 saturated heterocycles. The second-order valence-electron chi connectivity index (χ2n) is 7.21. The highest BCUT2D eigenvalue weighted by Crippen LogP contribution is 2.40. The highest BCUT2D eigenvalue weighted by Gasteiger charge is 2.40. The molecule has 1 aromatic heterocycles. The van der Waals surface area contributed by atoms with Crippen LogP contribution in [0.5, 0.6) is 0 Å². The molecule has 2 rings (SSSR count). The van der Waals surface area contributed by atoms with Gasteiger partial charge in [0, 0.05) is 45.3 Å². The minimum Gasteiger partial charge on any atom is -0.456 e. The quantitative estimate of drug-likeness (QED) is 0.218. The summed E-state index contributed by atoms with van der Waals surface area (Å²) in [6, 6.07) is 0.814. The van der Waals surface area contributed by atoms with E-state index >= 15 is 0 Å². The number of hydrogen-bond donors (Lipinski definition) is 3. The first kappa shape index (κ1) is 28.1. The van der Waals surface area contributed by atoms with Crippen LogP contribution in [0.25, 0.3) is 0 Å². The van der Waals surface area contributed by atoms with Crippen LogP contribution in [-0.4, -0.2) is 85.4 Å². The van der Waals surface area contributed by atoms with Crippen molar-refractivity contribution in [3.8, 4) is 0 Å². The maximum Gasteiger partial charge on any atom is 0.303 e. The summed E-state index contributed by atoms with van der Waals surface area (Å²) in [4.78, 5) is 34.3. The van der Waals surface area contributed by atoms with Gasteiger partial charge in [-0.05, 0) is 19.0 Å². The molecule has 0 radical (unpaired) electrons. The molecule has 34 heavy (non-hydrogen) atoms. The highest BCUT2D eigenvalue weighted by molar-refractivity contribution is 7.94.